The average Bonchev–Trinajstić information content (AvgIpc) is 2.10. The molecule has 0 fully saturated rings. The lowest BCUT2D eigenvalue weighted by Crippen LogP contribution is -2.18. The number of rotatable bonds is 7. The molecule has 1 nitrogen and oxygen atoms in total. The maximum atomic E-state index is 9.41. The predicted octanol–water partition coefficient (Wildman–Crippen LogP) is 3.11. The summed E-state index contributed by atoms with van der Waals surface area (Å²) < 4.78 is 0. The first-order valence-electron chi connectivity index (χ1n) is 4.67. The Kier molecular flexibility index (Phi) is 7.62. The van der Waals surface area contributed by atoms with Crippen LogP contribution in [0.2, 0.25) is 0 Å². The first-order valence-corrected chi connectivity index (χ1v) is 5.10. The van der Waals surface area contributed by atoms with Gasteiger partial charge in [-0.1, -0.05) is 38.7 Å². The molecule has 2 atom stereocenters. The summed E-state index contributed by atoms with van der Waals surface area (Å²) in [5.41, 5.74) is 0. The van der Waals surface area contributed by atoms with Gasteiger partial charge in [-0.2, -0.15) is 0 Å². The van der Waals surface area contributed by atoms with Gasteiger partial charge in [-0.05, 0) is 6.42 Å². The van der Waals surface area contributed by atoms with Crippen molar-refractivity contribution in [2.75, 3.05) is 0 Å². The molecule has 0 aliphatic heterocycles. The second kappa shape index (κ2) is 7.63. The van der Waals surface area contributed by atoms with E-state index in [1.165, 1.54) is 19.3 Å². The smallest absolute Gasteiger partial charge is 0.0772 e. The minimum atomic E-state index is -0.416. The fourth-order valence-corrected chi connectivity index (χ4v) is 1.22. The standard InChI is InChI=1S/C10H19ClO/c1-3-5-6-7-8-10(12)9(11)4-2/h4,9-10,12H,2-3,5-8H2,1H3/t9-,10+/m0/s1. The van der Waals surface area contributed by atoms with Crippen LogP contribution < -0.4 is 0 Å². The largest absolute Gasteiger partial charge is 0.391 e. The van der Waals surface area contributed by atoms with Crippen LogP contribution in [0.5, 0.6) is 0 Å². The Morgan fingerprint density at radius 3 is 2.58 bits per heavy atom. The molecule has 0 aromatic heterocycles. The van der Waals surface area contributed by atoms with Gasteiger partial charge in [0, 0.05) is 0 Å². The van der Waals surface area contributed by atoms with Gasteiger partial charge in [0.1, 0.15) is 0 Å². The summed E-state index contributed by atoms with van der Waals surface area (Å²) in [6, 6.07) is 0. The van der Waals surface area contributed by atoms with Gasteiger partial charge in [-0.25, -0.2) is 0 Å². The molecule has 0 spiro atoms. The van der Waals surface area contributed by atoms with Crippen molar-refractivity contribution in [3.63, 3.8) is 0 Å². The van der Waals surface area contributed by atoms with Crippen molar-refractivity contribution in [1.29, 1.82) is 0 Å². The molecule has 0 aliphatic carbocycles. The Morgan fingerprint density at radius 2 is 2.08 bits per heavy atom. The average molecular weight is 191 g/mol. The van der Waals surface area contributed by atoms with Crippen molar-refractivity contribution in [1.82, 2.24) is 0 Å². The molecule has 0 heterocycles. The SMILES string of the molecule is C=C[C@H](Cl)[C@H](O)CCCCCC. The third kappa shape index (κ3) is 5.62. The zero-order valence-corrected chi connectivity index (χ0v) is 8.56. The minimum Gasteiger partial charge on any atom is -0.391 e. The number of halogens is 1. The van der Waals surface area contributed by atoms with Crippen LogP contribution in [0.1, 0.15) is 39.0 Å². The lowest BCUT2D eigenvalue weighted by molar-refractivity contribution is 0.167. The van der Waals surface area contributed by atoms with E-state index in [1.807, 2.05) is 0 Å². The van der Waals surface area contributed by atoms with Gasteiger partial charge in [0.05, 0.1) is 11.5 Å². The van der Waals surface area contributed by atoms with E-state index in [-0.39, 0.29) is 5.38 Å². The fraction of sp³-hybridized carbons (Fsp3) is 0.800. The van der Waals surface area contributed by atoms with Crippen LogP contribution in [0, 0.1) is 0 Å². The Balaban J connectivity index is 3.30. The summed E-state index contributed by atoms with van der Waals surface area (Å²) in [6.07, 6.45) is 6.68. The van der Waals surface area contributed by atoms with Crippen molar-refractivity contribution in [3.8, 4) is 0 Å². The Morgan fingerprint density at radius 1 is 1.42 bits per heavy atom. The first kappa shape index (κ1) is 12.0. The zero-order valence-electron chi connectivity index (χ0n) is 7.80. The molecular weight excluding hydrogens is 172 g/mol. The molecule has 0 aliphatic rings. The van der Waals surface area contributed by atoms with E-state index in [4.69, 9.17) is 11.6 Å². The third-order valence-electron chi connectivity index (χ3n) is 1.95. The molecule has 0 aromatic carbocycles. The van der Waals surface area contributed by atoms with E-state index < -0.39 is 6.10 Å². The van der Waals surface area contributed by atoms with Crippen molar-refractivity contribution in [3.05, 3.63) is 12.7 Å². The topological polar surface area (TPSA) is 20.2 Å². The van der Waals surface area contributed by atoms with Crippen molar-refractivity contribution in [2.45, 2.75) is 50.5 Å². The van der Waals surface area contributed by atoms with Gasteiger partial charge < -0.3 is 5.11 Å². The van der Waals surface area contributed by atoms with Crippen LogP contribution in [0.4, 0.5) is 0 Å². The van der Waals surface area contributed by atoms with E-state index >= 15 is 0 Å². The Labute approximate surface area is 80.4 Å². The van der Waals surface area contributed by atoms with Crippen LogP contribution in [-0.2, 0) is 0 Å². The van der Waals surface area contributed by atoms with Gasteiger partial charge >= 0.3 is 0 Å². The summed E-state index contributed by atoms with van der Waals surface area (Å²) in [5.74, 6) is 0. The van der Waals surface area contributed by atoms with Gasteiger partial charge in [0.25, 0.3) is 0 Å². The lowest BCUT2D eigenvalue weighted by atomic mass is 10.1. The maximum Gasteiger partial charge on any atom is 0.0772 e. The highest BCUT2D eigenvalue weighted by Crippen LogP contribution is 2.12. The van der Waals surface area contributed by atoms with Crippen LogP contribution >= 0.6 is 11.6 Å². The molecule has 0 rings (SSSR count). The van der Waals surface area contributed by atoms with Crippen LogP contribution in [0.25, 0.3) is 0 Å². The van der Waals surface area contributed by atoms with Crippen LogP contribution in [-0.4, -0.2) is 16.6 Å². The van der Waals surface area contributed by atoms with Gasteiger partial charge in [0.15, 0.2) is 0 Å². The minimum absolute atomic E-state index is 0.286. The molecule has 0 saturated carbocycles. The van der Waals surface area contributed by atoms with Crippen molar-refractivity contribution in [2.24, 2.45) is 0 Å². The quantitative estimate of drug-likeness (QED) is 0.372. The number of hydrogen-bond acceptors (Lipinski definition) is 1. The van der Waals surface area contributed by atoms with Crippen LogP contribution in [0.3, 0.4) is 0 Å². The molecule has 0 radical (unpaired) electrons. The second-order valence-electron chi connectivity index (χ2n) is 3.10. The zero-order chi connectivity index (χ0) is 9.40. The predicted molar refractivity (Wildman–Crippen MR) is 54.6 cm³/mol. The highest BCUT2D eigenvalue weighted by Gasteiger charge is 2.11. The van der Waals surface area contributed by atoms with Gasteiger partial charge in [0.2, 0.25) is 0 Å². The van der Waals surface area contributed by atoms with Gasteiger partial charge in [-0.3, -0.25) is 0 Å². The summed E-state index contributed by atoms with van der Waals surface area (Å²) in [7, 11) is 0. The normalized spacial score (nSPS) is 15.6. The molecule has 0 bridgehead atoms. The number of unbranched alkanes of at least 4 members (excludes halogenated alkanes) is 3. The molecule has 72 valence electrons. The molecule has 0 unspecified atom stereocenters. The van der Waals surface area contributed by atoms with E-state index in [9.17, 15) is 5.11 Å². The molecule has 0 amide bonds. The molecule has 0 aromatic rings. The van der Waals surface area contributed by atoms with Crippen molar-refractivity contribution >= 4 is 11.6 Å². The Bertz CT molecular complexity index is 114. The summed E-state index contributed by atoms with van der Waals surface area (Å²) in [6.45, 7) is 5.71. The van der Waals surface area contributed by atoms with E-state index in [2.05, 4.69) is 13.5 Å². The van der Waals surface area contributed by atoms with Crippen molar-refractivity contribution < 1.29 is 5.11 Å². The number of aliphatic hydroxyl groups is 1. The van der Waals surface area contributed by atoms with E-state index in [0.29, 0.717) is 0 Å². The summed E-state index contributed by atoms with van der Waals surface area (Å²) in [5, 5.41) is 9.13. The molecule has 0 saturated heterocycles. The second-order valence-corrected chi connectivity index (χ2v) is 3.60. The molecule has 1 N–H and O–H groups in total. The lowest BCUT2D eigenvalue weighted by Gasteiger charge is -2.12. The first-order chi connectivity index (χ1) is 5.72. The summed E-state index contributed by atoms with van der Waals surface area (Å²) in [4.78, 5) is 0. The molecular formula is C10H19ClO. The Hall–Kier alpha value is -0.0100. The van der Waals surface area contributed by atoms with E-state index in [1.54, 1.807) is 6.08 Å². The van der Waals surface area contributed by atoms with Crippen LogP contribution in [0.15, 0.2) is 12.7 Å². The highest BCUT2D eigenvalue weighted by atomic mass is 35.5. The number of alkyl halides is 1. The van der Waals surface area contributed by atoms with Gasteiger partial charge in [-0.15, -0.1) is 18.2 Å². The van der Waals surface area contributed by atoms with E-state index in [0.717, 1.165) is 12.8 Å². The number of aliphatic hydroxyl groups excluding tert-OH is 1. The highest BCUT2D eigenvalue weighted by molar-refractivity contribution is 6.22. The molecule has 2 heteroatoms. The molecule has 12 heavy (non-hydrogen) atoms. The fourth-order valence-electron chi connectivity index (χ4n) is 1.10. The number of hydrogen-bond donors (Lipinski definition) is 1. The monoisotopic (exact) mass is 190 g/mol. The maximum absolute atomic E-state index is 9.41. The summed E-state index contributed by atoms with van der Waals surface area (Å²) >= 11 is 5.76. The third-order valence-corrected chi connectivity index (χ3v) is 2.42.